The number of rotatable bonds is 2. The molecule has 19 heavy (non-hydrogen) atoms. The molecule has 0 fully saturated rings. The van der Waals surface area contributed by atoms with Gasteiger partial charge in [0.05, 0.1) is 12.9 Å². The first-order chi connectivity index (χ1) is 9.15. The van der Waals surface area contributed by atoms with E-state index in [0.717, 1.165) is 12.0 Å². The van der Waals surface area contributed by atoms with Gasteiger partial charge in [-0.05, 0) is 58.5 Å². The van der Waals surface area contributed by atoms with Crippen molar-refractivity contribution in [2.24, 2.45) is 0 Å². The van der Waals surface area contributed by atoms with E-state index in [9.17, 15) is 4.79 Å². The molecule has 0 bridgehead atoms. The number of aromatic nitrogens is 2. The van der Waals surface area contributed by atoms with E-state index in [1.807, 2.05) is 22.6 Å². The third-order valence-corrected chi connectivity index (χ3v) is 5.03. The van der Waals surface area contributed by atoms with Gasteiger partial charge in [-0.3, -0.25) is 9.36 Å². The first-order valence-electron chi connectivity index (χ1n) is 6.16. The van der Waals surface area contributed by atoms with Crippen LogP contribution >= 0.6 is 34.2 Å². The van der Waals surface area contributed by atoms with E-state index in [0.29, 0.717) is 10.1 Å². The summed E-state index contributed by atoms with van der Waals surface area (Å²) in [4.78, 5) is 16.1. The van der Waals surface area contributed by atoms with Crippen LogP contribution in [-0.4, -0.2) is 9.55 Å². The lowest BCUT2D eigenvalue weighted by Crippen LogP contribution is -2.23. The van der Waals surface area contributed by atoms with Crippen LogP contribution in [0.4, 0.5) is 0 Å². The monoisotopic (exact) mass is 386 g/mol. The molecule has 3 nitrogen and oxygen atoms in total. The fraction of sp³-hybridized carbons (Fsp3) is 0.286. The highest BCUT2D eigenvalue weighted by molar-refractivity contribution is 14.1. The Hall–Kier alpha value is -0.880. The maximum absolute atomic E-state index is 12.1. The first kappa shape index (κ1) is 13.1. The average molecular weight is 387 g/mol. The summed E-state index contributed by atoms with van der Waals surface area (Å²) < 4.78 is 2.08. The Labute approximate surface area is 129 Å². The Morgan fingerprint density at radius 2 is 2.11 bits per heavy atom. The molecule has 0 unspecified atom stereocenters. The summed E-state index contributed by atoms with van der Waals surface area (Å²) in [6.45, 7) is 0.548. The van der Waals surface area contributed by atoms with Crippen molar-refractivity contribution in [2.45, 2.75) is 25.8 Å². The molecule has 0 spiro atoms. The van der Waals surface area contributed by atoms with E-state index < -0.39 is 0 Å². The van der Waals surface area contributed by atoms with Gasteiger partial charge in [-0.1, -0.05) is 29.8 Å². The van der Waals surface area contributed by atoms with Crippen molar-refractivity contribution in [3.8, 4) is 0 Å². The van der Waals surface area contributed by atoms with Gasteiger partial charge in [0.15, 0.2) is 0 Å². The molecule has 1 aliphatic rings. The molecular formula is C14H12ClIN2O. The summed E-state index contributed by atoms with van der Waals surface area (Å²) in [6, 6.07) is 6.48. The van der Waals surface area contributed by atoms with Gasteiger partial charge >= 0.3 is 0 Å². The lowest BCUT2D eigenvalue weighted by Gasteiger charge is -2.08. The summed E-state index contributed by atoms with van der Waals surface area (Å²) in [5.41, 5.74) is 3.92. The highest BCUT2D eigenvalue weighted by atomic mass is 127. The third-order valence-electron chi connectivity index (χ3n) is 3.46. The molecule has 98 valence electrons. The molecule has 1 aromatic carbocycles. The van der Waals surface area contributed by atoms with Crippen LogP contribution in [0, 0.1) is 3.57 Å². The second-order valence-corrected chi connectivity index (χ2v) is 6.18. The van der Waals surface area contributed by atoms with Gasteiger partial charge in [0.25, 0.3) is 5.56 Å². The Balaban J connectivity index is 1.94. The van der Waals surface area contributed by atoms with Crippen molar-refractivity contribution in [2.75, 3.05) is 0 Å². The molecule has 0 saturated heterocycles. The van der Waals surface area contributed by atoms with Crippen LogP contribution in [0.2, 0.25) is 5.15 Å². The van der Waals surface area contributed by atoms with Crippen LogP contribution in [0.15, 0.2) is 29.3 Å². The zero-order valence-electron chi connectivity index (χ0n) is 10.2. The van der Waals surface area contributed by atoms with E-state index >= 15 is 0 Å². The Morgan fingerprint density at radius 3 is 2.95 bits per heavy atom. The van der Waals surface area contributed by atoms with E-state index in [-0.39, 0.29) is 10.7 Å². The van der Waals surface area contributed by atoms with Crippen molar-refractivity contribution >= 4 is 34.2 Å². The summed E-state index contributed by atoms with van der Waals surface area (Å²) in [5.74, 6) is 0. The lowest BCUT2D eigenvalue weighted by molar-refractivity contribution is 0.729. The lowest BCUT2D eigenvalue weighted by atomic mass is 10.1. The smallest absolute Gasteiger partial charge is 0.268 e. The fourth-order valence-electron chi connectivity index (χ4n) is 2.48. The van der Waals surface area contributed by atoms with Gasteiger partial charge in [-0.2, -0.15) is 0 Å². The normalized spacial score (nSPS) is 13.6. The van der Waals surface area contributed by atoms with Gasteiger partial charge in [0, 0.05) is 0 Å². The second kappa shape index (κ2) is 5.25. The standard InChI is InChI=1S/C14H12ClIN2O/c15-13-12(16)14(19)18(8-17-13)7-9-4-5-10-2-1-3-11(10)6-9/h4-6,8H,1-3,7H2. The third kappa shape index (κ3) is 2.56. The fourth-order valence-corrected chi connectivity index (χ4v) is 3.05. The number of benzene rings is 1. The minimum Gasteiger partial charge on any atom is -0.294 e. The number of hydrogen-bond donors (Lipinski definition) is 0. The predicted molar refractivity (Wildman–Crippen MR) is 83.8 cm³/mol. The molecule has 1 aliphatic carbocycles. The number of halogens is 2. The molecule has 0 saturated carbocycles. The molecule has 1 heterocycles. The van der Waals surface area contributed by atoms with E-state index in [2.05, 4.69) is 23.2 Å². The molecule has 5 heteroatoms. The van der Waals surface area contributed by atoms with Crippen molar-refractivity contribution in [1.82, 2.24) is 9.55 Å². The zero-order chi connectivity index (χ0) is 13.4. The molecule has 0 atom stereocenters. The van der Waals surface area contributed by atoms with Gasteiger partial charge < -0.3 is 0 Å². The SMILES string of the molecule is O=c1c(I)c(Cl)ncn1Cc1ccc2c(c1)CCC2. The number of nitrogens with zero attached hydrogens (tertiary/aromatic N) is 2. The minimum absolute atomic E-state index is 0.0823. The van der Waals surface area contributed by atoms with Crippen molar-refractivity contribution in [1.29, 1.82) is 0 Å². The van der Waals surface area contributed by atoms with Crippen LogP contribution in [-0.2, 0) is 19.4 Å². The summed E-state index contributed by atoms with van der Waals surface area (Å²) in [5, 5.41) is 0.274. The van der Waals surface area contributed by atoms with Crippen molar-refractivity contribution in [3.05, 3.63) is 60.3 Å². The molecule has 0 N–H and O–H groups in total. The number of hydrogen-bond acceptors (Lipinski definition) is 2. The topological polar surface area (TPSA) is 34.9 Å². The highest BCUT2D eigenvalue weighted by Crippen LogP contribution is 2.23. The molecular weight excluding hydrogens is 375 g/mol. The van der Waals surface area contributed by atoms with Crippen LogP contribution in [0.3, 0.4) is 0 Å². The number of aryl methyl sites for hydroxylation is 2. The maximum atomic E-state index is 12.1. The molecule has 1 aromatic heterocycles. The summed E-state index contributed by atoms with van der Waals surface area (Å²) >= 11 is 7.77. The zero-order valence-corrected chi connectivity index (χ0v) is 13.1. The van der Waals surface area contributed by atoms with Gasteiger partial charge in [0.2, 0.25) is 0 Å². The van der Waals surface area contributed by atoms with Crippen LogP contribution in [0.25, 0.3) is 0 Å². The van der Waals surface area contributed by atoms with Crippen LogP contribution < -0.4 is 5.56 Å². The molecule has 0 aliphatic heterocycles. The van der Waals surface area contributed by atoms with Crippen molar-refractivity contribution < 1.29 is 0 Å². The largest absolute Gasteiger partial charge is 0.294 e. The molecule has 0 radical (unpaired) electrons. The second-order valence-electron chi connectivity index (χ2n) is 4.74. The maximum Gasteiger partial charge on any atom is 0.268 e. The Morgan fingerprint density at radius 1 is 1.32 bits per heavy atom. The quantitative estimate of drug-likeness (QED) is 0.587. The highest BCUT2D eigenvalue weighted by Gasteiger charge is 2.12. The molecule has 2 aromatic rings. The van der Waals surface area contributed by atoms with E-state index in [4.69, 9.17) is 11.6 Å². The van der Waals surface area contributed by atoms with Crippen LogP contribution in [0.5, 0.6) is 0 Å². The molecule has 0 amide bonds. The van der Waals surface area contributed by atoms with Gasteiger partial charge in [-0.15, -0.1) is 0 Å². The summed E-state index contributed by atoms with van der Waals surface area (Å²) in [6.07, 6.45) is 5.07. The predicted octanol–water partition coefficient (Wildman–Crippen LogP) is 3.04. The number of fused-ring (bicyclic) bond motifs is 1. The van der Waals surface area contributed by atoms with Gasteiger partial charge in [-0.25, -0.2) is 4.98 Å². The minimum atomic E-state index is -0.0823. The van der Waals surface area contributed by atoms with Crippen molar-refractivity contribution in [3.63, 3.8) is 0 Å². The Bertz CT molecular complexity index is 696. The Kier molecular flexibility index (Phi) is 3.62. The van der Waals surface area contributed by atoms with Gasteiger partial charge in [0.1, 0.15) is 8.72 Å². The average Bonchev–Trinajstić information content (AvgIpc) is 2.87. The summed E-state index contributed by atoms with van der Waals surface area (Å²) in [7, 11) is 0. The molecule has 3 rings (SSSR count). The van der Waals surface area contributed by atoms with Crippen LogP contribution in [0.1, 0.15) is 23.1 Å². The van der Waals surface area contributed by atoms with E-state index in [1.54, 1.807) is 4.57 Å². The first-order valence-corrected chi connectivity index (χ1v) is 7.62. The van der Waals surface area contributed by atoms with E-state index in [1.165, 1.54) is 30.3 Å².